The molecule has 2 aliphatic heterocycles. The van der Waals surface area contributed by atoms with Crippen LogP contribution in [-0.4, -0.2) is 70.6 Å². The van der Waals surface area contributed by atoms with Crippen LogP contribution in [0.1, 0.15) is 31.7 Å². The van der Waals surface area contributed by atoms with Crippen molar-refractivity contribution in [3.8, 4) is 11.3 Å². The topological polar surface area (TPSA) is 90.9 Å². The summed E-state index contributed by atoms with van der Waals surface area (Å²) in [6, 6.07) is 8.20. The summed E-state index contributed by atoms with van der Waals surface area (Å²) in [6.45, 7) is 2.97. The molecule has 3 aliphatic rings. The zero-order valence-electron chi connectivity index (χ0n) is 20.5. The van der Waals surface area contributed by atoms with Gasteiger partial charge in [-0.15, -0.1) is 0 Å². The zero-order chi connectivity index (χ0) is 26.0. The average molecular weight is 541 g/mol. The number of halogens is 2. The van der Waals surface area contributed by atoms with Gasteiger partial charge in [0.05, 0.1) is 16.6 Å². The fourth-order valence-corrected chi connectivity index (χ4v) is 7.58. The van der Waals surface area contributed by atoms with Crippen molar-refractivity contribution in [2.45, 2.75) is 43.6 Å². The lowest BCUT2D eigenvalue weighted by Crippen LogP contribution is -2.38. The summed E-state index contributed by atoms with van der Waals surface area (Å²) in [7, 11) is -5.58. The van der Waals surface area contributed by atoms with Crippen molar-refractivity contribution >= 4 is 31.6 Å². The number of aromatic nitrogens is 1. The minimum atomic E-state index is -3.89. The molecule has 0 radical (unpaired) electrons. The Morgan fingerprint density at radius 3 is 2.44 bits per heavy atom. The molecule has 2 atom stereocenters. The van der Waals surface area contributed by atoms with Gasteiger partial charge in [0.15, 0.2) is 5.82 Å². The van der Waals surface area contributed by atoms with Gasteiger partial charge in [-0.1, -0.05) is 12.1 Å². The van der Waals surface area contributed by atoms with E-state index in [4.69, 9.17) is 0 Å². The maximum atomic E-state index is 15.6. The number of anilines is 2. The van der Waals surface area contributed by atoms with Gasteiger partial charge >= 0.3 is 10.2 Å². The van der Waals surface area contributed by atoms with Crippen molar-refractivity contribution in [3.63, 3.8) is 0 Å². The van der Waals surface area contributed by atoms with E-state index >= 15 is 4.39 Å². The first-order valence-corrected chi connectivity index (χ1v) is 15.3. The minimum absolute atomic E-state index is 0.0353. The van der Waals surface area contributed by atoms with Crippen LogP contribution in [0, 0.1) is 11.7 Å². The van der Waals surface area contributed by atoms with E-state index in [0.717, 1.165) is 4.31 Å². The number of likely N-dealkylation sites (tertiary alicyclic amines) is 1. The lowest BCUT2D eigenvalue weighted by molar-refractivity contribution is 0.219. The molecular weight excluding hydrogens is 510 g/mol. The highest BCUT2D eigenvalue weighted by atomic mass is 32.2. The number of alkyl halides is 1. The van der Waals surface area contributed by atoms with Gasteiger partial charge in [-0.2, -0.15) is 8.42 Å². The van der Waals surface area contributed by atoms with Gasteiger partial charge in [-0.3, -0.25) is 4.90 Å². The maximum Gasteiger partial charge on any atom is 0.327 e. The Balaban J connectivity index is 1.38. The fraction of sp³-hybridized carbons (Fsp3) is 0.542. The second kappa shape index (κ2) is 8.63. The number of rotatable bonds is 6. The molecule has 1 aromatic heterocycles. The molecule has 1 saturated carbocycles. The van der Waals surface area contributed by atoms with E-state index in [0.29, 0.717) is 55.8 Å². The highest BCUT2D eigenvalue weighted by Crippen LogP contribution is 2.50. The molecule has 0 bridgehead atoms. The van der Waals surface area contributed by atoms with Gasteiger partial charge in [0.2, 0.25) is 0 Å². The van der Waals surface area contributed by atoms with Crippen LogP contribution >= 0.6 is 0 Å². The second-order valence-corrected chi connectivity index (χ2v) is 14.5. The van der Waals surface area contributed by atoms with Crippen LogP contribution in [0.15, 0.2) is 30.3 Å². The largest absolute Gasteiger partial charge is 0.327 e. The number of nitrogens with zero attached hydrogens (tertiary/aromatic N) is 4. The predicted molar refractivity (Wildman–Crippen MR) is 135 cm³/mol. The summed E-state index contributed by atoms with van der Waals surface area (Å²) in [5.41, 5.74) is 0.00692. The summed E-state index contributed by atoms with van der Waals surface area (Å²) in [4.78, 5) is 6.53. The normalized spacial score (nSPS) is 26.3. The summed E-state index contributed by atoms with van der Waals surface area (Å²) in [5.74, 6) is -0.633. The Labute approximate surface area is 211 Å². The van der Waals surface area contributed by atoms with Crippen LogP contribution in [0.2, 0.25) is 0 Å². The molecule has 5 rings (SSSR count). The van der Waals surface area contributed by atoms with Crippen molar-refractivity contribution in [1.82, 2.24) is 9.88 Å². The lowest BCUT2D eigenvalue weighted by atomic mass is 10.0. The van der Waals surface area contributed by atoms with E-state index in [1.54, 1.807) is 30.3 Å². The molecule has 2 aromatic rings. The quantitative estimate of drug-likeness (QED) is 0.559. The fourth-order valence-electron chi connectivity index (χ4n) is 5.11. The monoisotopic (exact) mass is 540 g/mol. The third kappa shape index (κ3) is 4.47. The number of hydrogen-bond acceptors (Lipinski definition) is 6. The summed E-state index contributed by atoms with van der Waals surface area (Å²) in [5, 5.41) is -0.355. The molecule has 0 amide bonds. The van der Waals surface area contributed by atoms with E-state index in [2.05, 4.69) is 4.98 Å². The summed E-state index contributed by atoms with van der Waals surface area (Å²) >= 11 is 0. The van der Waals surface area contributed by atoms with Crippen molar-refractivity contribution in [1.29, 1.82) is 0 Å². The molecule has 0 N–H and O–H groups in total. The number of sulfone groups is 1. The predicted octanol–water partition coefficient (Wildman–Crippen LogP) is 3.15. The first kappa shape index (κ1) is 25.3. The Hall–Kier alpha value is -2.31. The van der Waals surface area contributed by atoms with Crippen molar-refractivity contribution in [2.75, 3.05) is 41.5 Å². The van der Waals surface area contributed by atoms with Gasteiger partial charge in [0.1, 0.15) is 21.3 Å². The number of benzene rings is 1. The van der Waals surface area contributed by atoms with Crippen LogP contribution in [0.4, 0.5) is 20.3 Å². The summed E-state index contributed by atoms with van der Waals surface area (Å²) < 4.78 is 81.5. The van der Waals surface area contributed by atoms with Gasteiger partial charge in [-0.25, -0.2) is 30.8 Å². The van der Waals surface area contributed by atoms with E-state index in [1.807, 2.05) is 4.90 Å². The molecule has 1 aromatic carbocycles. The molecule has 2 fully saturated rings. The summed E-state index contributed by atoms with van der Waals surface area (Å²) in [6.07, 6.45) is 2.61. The second-order valence-electron chi connectivity index (χ2n) is 10.3. The third-order valence-electron chi connectivity index (χ3n) is 7.66. The van der Waals surface area contributed by atoms with Gasteiger partial charge in [-0.05, 0) is 57.5 Å². The Morgan fingerprint density at radius 1 is 1.17 bits per heavy atom. The molecule has 3 heterocycles. The average Bonchev–Trinajstić information content (AvgIpc) is 3.37. The molecule has 196 valence electrons. The van der Waals surface area contributed by atoms with Crippen molar-refractivity contribution in [2.24, 2.45) is 5.92 Å². The Morgan fingerprint density at radius 2 is 1.83 bits per heavy atom. The zero-order valence-corrected chi connectivity index (χ0v) is 22.1. The van der Waals surface area contributed by atoms with E-state index < -0.39 is 31.5 Å². The van der Waals surface area contributed by atoms with E-state index in [-0.39, 0.29) is 29.1 Å². The molecular formula is C24H30F2N4O4S2. The van der Waals surface area contributed by atoms with Gasteiger partial charge in [0, 0.05) is 43.4 Å². The molecule has 0 spiro atoms. The van der Waals surface area contributed by atoms with E-state index in [9.17, 15) is 21.2 Å². The van der Waals surface area contributed by atoms with Crippen LogP contribution in [0.25, 0.3) is 11.3 Å². The van der Waals surface area contributed by atoms with Crippen LogP contribution in [0.3, 0.4) is 0 Å². The van der Waals surface area contributed by atoms with Gasteiger partial charge in [0.25, 0.3) is 0 Å². The number of piperidine rings is 1. The standard InChI is InChI=1S/C24H30F2N4O4S2/c1-24(26)13-17(24)15-30-21-8-7-20(27-23(21)28(2)36(30,33)34)19-6-4-5-16(22(19)25)14-29-11-9-18(10-12-29)35(3,31)32/h4-8,17-18H,9-15H2,1-3H3. The van der Waals surface area contributed by atoms with E-state index in [1.165, 1.54) is 24.5 Å². The Bertz CT molecular complexity index is 1410. The first-order chi connectivity index (χ1) is 16.8. The van der Waals surface area contributed by atoms with Crippen LogP contribution in [-0.2, 0) is 26.6 Å². The smallest absolute Gasteiger partial charge is 0.299 e. The number of fused-ring (bicyclic) bond motifs is 1. The maximum absolute atomic E-state index is 15.6. The van der Waals surface area contributed by atoms with Crippen LogP contribution < -0.4 is 8.61 Å². The third-order valence-corrected chi connectivity index (χ3v) is 11.1. The highest BCUT2D eigenvalue weighted by molar-refractivity contribution is 7.94. The molecule has 8 nitrogen and oxygen atoms in total. The van der Waals surface area contributed by atoms with Crippen molar-refractivity contribution < 1.29 is 25.6 Å². The van der Waals surface area contributed by atoms with Crippen molar-refractivity contribution in [3.05, 3.63) is 41.7 Å². The molecule has 12 heteroatoms. The number of hydrogen-bond donors (Lipinski definition) is 0. The number of pyridine rings is 1. The lowest BCUT2D eigenvalue weighted by Gasteiger charge is -2.31. The molecule has 1 aliphatic carbocycles. The van der Waals surface area contributed by atoms with Gasteiger partial charge < -0.3 is 0 Å². The molecule has 36 heavy (non-hydrogen) atoms. The first-order valence-electron chi connectivity index (χ1n) is 11.9. The van der Waals surface area contributed by atoms with Crippen LogP contribution in [0.5, 0.6) is 0 Å². The highest BCUT2D eigenvalue weighted by Gasteiger charge is 2.54. The SMILES string of the molecule is CN1c2nc(-c3cccc(CN4CCC(S(C)(=O)=O)CC4)c3F)ccc2N(CC2CC2(C)F)S1(=O)=O. The minimum Gasteiger partial charge on any atom is -0.299 e. The molecule has 2 unspecified atom stereocenters. The molecule has 1 saturated heterocycles. The Kier molecular flexibility index (Phi) is 6.07.